The van der Waals surface area contributed by atoms with Crippen molar-refractivity contribution in [2.45, 2.75) is 32.3 Å². The van der Waals surface area contributed by atoms with Gasteiger partial charge < -0.3 is 14.9 Å². The Bertz CT molecular complexity index is 1270. The number of nitrogens with zero attached hydrogens (tertiary/aromatic N) is 2. The fraction of sp³-hybridized carbons (Fsp3) is 0.286. The number of fused-ring (bicyclic) bond motifs is 1. The minimum atomic E-state index is -1.16. The molecule has 1 aromatic heterocycles. The summed E-state index contributed by atoms with van der Waals surface area (Å²) in [5.74, 6) is -2.57. The monoisotopic (exact) mass is 488 g/mol. The molecule has 0 saturated carbocycles. The fourth-order valence-corrected chi connectivity index (χ4v) is 4.41. The smallest absolute Gasteiger partial charge is 0.309 e. The molecule has 0 aliphatic carbocycles. The maximum Gasteiger partial charge on any atom is 0.309 e. The summed E-state index contributed by atoms with van der Waals surface area (Å²) < 4.78 is 5.08. The number of aliphatic carboxylic acids is 1. The van der Waals surface area contributed by atoms with Crippen LogP contribution in [0.4, 0.5) is 0 Å². The second-order valence-electron chi connectivity index (χ2n) is 8.94. The van der Waals surface area contributed by atoms with Crippen molar-refractivity contribution in [3.8, 4) is 17.0 Å². The molecule has 0 radical (unpaired) electrons. The number of pyridine rings is 1. The molecule has 0 bridgehead atoms. The van der Waals surface area contributed by atoms with Crippen molar-refractivity contribution in [2.75, 3.05) is 13.7 Å². The SMILES string of the molecule is COc1ccc(-c2ccc(CCC(O)C(CCN3C(=O)c4ccc(C)cc4C3=O)C(=O)O)cc2)cn1. The molecule has 4 rings (SSSR count). The van der Waals surface area contributed by atoms with E-state index in [-0.39, 0.29) is 19.4 Å². The predicted octanol–water partition coefficient (Wildman–Crippen LogP) is 3.75. The van der Waals surface area contributed by atoms with Gasteiger partial charge in [-0.15, -0.1) is 0 Å². The summed E-state index contributed by atoms with van der Waals surface area (Å²) in [7, 11) is 1.56. The lowest BCUT2D eigenvalue weighted by Crippen LogP contribution is -2.36. The normalized spacial score (nSPS) is 14.5. The minimum absolute atomic E-state index is 0.0235. The Morgan fingerprint density at radius 1 is 0.972 bits per heavy atom. The topological polar surface area (TPSA) is 117 Å². The van der Waals surface area contributed by atoms with E-state index >= 15 is 0 Å². The lowest BCUT2D eigenvalue weighted by Gasteiger charge is -2.22. The maximum absolute atomic E-state index is 12.7. The number of carbonyl (C=O) groups is 3. The number of hydrogen-bond donors (Lipinski definition) is 2. The lowest BCUT2D eigenvalue weighted by atomic mass is 9.93. The molecule has 0 fully saturated rings. The highest BCUT2D eigenvalue weighted by molar-refractivity contribution is 6.21. The van der Waals surface area contributed by atoms with Crippen molar-refractivity contribution in [3.63, 3.8) is 0 Å². The molecule has 8 nitrogen and oxygen atoms in total. The first kappa shape index (κ1) is 25.1. The molecule has 2 aromatic carbocycles. The van der Waals surface area contributed by atoms with E-state index in [4.69, 9.17) is 4.74 Å². The van der Waals surface area contributed by atoms with Crippen LogP contribution in [0.15, 0.2) is 60.8 Å². The van der Waals surface area contributed by atoms with E-state index in [0.717, 1.165) is 27.2 Å². The largest absolute Gasteiger partial charge is 0.481 e. The Morgan fingerprint density at radius 3 is 2.31 bits per heavy atom. The third-order valence-corrected chi connectivity index (χ3v) is 6.53. The van der Waals surface area contributed by atoms with Crippen molar-refractivity contribution >= 4 is 17.8 Å². The average molecular weight is 489 g/mol. The zero-order valence-corrected chi connectivity index (χ0v) is 20.2. The van der Waals surface area contributed by atoms with E-state index < -0.39 is 29.8 Å². The molecule has 2 heterocycles. The van der Waals surface area contributed by atoms with Crippen LogP contribution in [-0.2, 0) is 11.2 Å². The minimum Gasteiger partial charge on any atom is -0.481 e. The van der Waals surface area contributed by atoms with E-state index in [1.165, 1.54) is 0 Å². The van der Waals surface area contributed by atoms with Crippen LogP contribution in [0.2, 0.25) is 0 Å². The number of imide groups is 1. The van der Waals surface area contributed by atoms with Crippen LogP contribution in [0.25, 0.3) is 11.1 Å². The molecule has 3 aromatic rings. The summed E-state index contributed by atoms with van der Waals surface area (Å²) in [5, 5.41) is 20.3. The molecule has 36 heavy (non-hydrogen) atoms. The Hall–Kier alpha value is -4.04. The van der Waals surface area contributed by atoms with Gasteiger partial charge in [-0.1, -0.05) is 35.9 Å². The zero-order chi connectivity index (χ0) is 25.8. The summed E-state index contributed by atoms with van der Waals surface area (Å²) >= 11 is 0. The van der Waals surface area contributed by atoms with Crippen LogP contribution in [0.3, 0.4) is 0 Å². The van der Waals surface area contributed by atoms with Gasteiger partial charge in [0.15, 0.2) is 0 Å². The summed E-state index contributed by atoms with van der Waals surface area (Å²) in [4.78, 5) is 42.4. The number of amides is 2. The average Bonchev–Trinajstić information content (AvgIpc) is 3.11. The number of carbonyl (C=O) groups excluding carboxylic acids is 2. The lowest BCUT2D eigenvalue weighted by molar-refractivity contribution is -0.146. The zero-order valence-electron chi connectivity index (χ0n) is 20.2. The van der Waals surface area contributed by atoms with Gasteiger partial charge in [-0.05, 0) is 55.5 Å². The Morgan fingerprint density at radius 2 is 1.67 bits per heavy atom. The third-order valence-electron chi connectivity index (χ3n) is 6.53. The number of aliphatic hydroxyl groups excluding tert-OH is 1. The summed E-state index contributed by atoms with van der Waals surface area (Å²) in [6.45, 7) is 1.77. The van der Waals surface area contributed by atoms with E-state index in [9.17, 15) is 24.6 Å². The fourth-order valence-electron chi connectivity index (χ4n) is 4.41. The number of aromatic nitrogens is 1. The van der Waals surface area contributed by atoms with Crippen LogP contribution in [0, 0.1) is 12.8 Å². The van der Waals surface area contributed by atoms with Crippen molar-refractivity contribution in [1.29, 1.82) is 0 Å². The van der Waals surface area contributed by atoms with Gasteiger partial charge in [0.05, 0.1) is 30.3 Å². The Kier molecular flexibility index (Phi) is 7.45. The molecule has 2 N–H and O–H groups in total. The molecule has 0 saturated heterocycles. The van der Waals surface area contributed by atoms with Gasteiger partial charge in [0, 0.05) is 24.4 Å². The summed E-state index contributed by atoms with van der Waals surface area (Å²) in [6.07, 6.45) is 1.31. The summed E-state index contributed by atoms with van der Waals surface area (Å²) in [6, 6.07) is 16.5. The molecular weight excluding hydrogens is 460 g/mol. The highest BCUT2D eigenvalue weighted by atomic mass is 16.5. The van der Waals surface area contributed by atoms with Gasteiger partial charge >= 0.3 is 5.97 Å². The van der Waals surface area contributed by atoms with E-state index in [0.29, 0.717) is 23.4 Å². The number of methoxy groups -OCH3 is 1. The van der Waals surface area contributed by atoms with Crippen LogP contribution in [0.1, 0.15) is 44.7 Å². The molecule has 2 atom stereocenters. The standard InChI is InChI=1S/C28H28N2O6/c1-17-3-10-21-23(15-17)27(33)30(26(21)32)14-13-22(28(34)35)24(31)11-6-18-4-7-19(8-5-18)20-9-12-25(36-2)29-16-20/h3-5,7-10,12,15-16,22,24,31H,6,11,13-14H2,1-2H3,(H,34,35). The molecule has 1 aliphatic rings. The van der Waals surface area contributed by atoms with Crippen molar-refractivity contribution < 1.29 is 29.3 Å². The number of rotatable bonds is 10. The highest BCUT2D eigenvalue weighted by Crippen LogP contribution is 2.26. The Balaban J connectivity index is 1.34. The second-order valence-corrected chi connectivity index (χ2v) is 8.94. The van der Waals surface area contributed by atoms with Gasteiger partial charge in [0.2, 0.25) is 5.88 Å². The van der Waals surface area contributed by atoms with E-state index in [1.807, 2.05) is 37.3 Å². The number of ether oxygens (including phenoxy) is 1. The van der Waals surface area contributed by atoms with Crippen molar-refractivity contribution in [3.05, 3.63) is 83.0 Å². The van der Waals surface area contributed by atoms with Crippen molar-refractivity contribution in [2.24, 2.45) is 5.92 Å². The third kappa shape index (κ3) is 5.28. The quantitative estimate of drug-likeness (QED) is 0.418. The second kappa shape index (κ2) is 10.7. The van der Waals surface area contributed by atoms with E-state index in [1.54, 1.807) is 37.6 Å². The van der Waals surface area contributed by atoms with Crippen LogP contribution in [-0.4, -0.2) is 57.6 Å². The van der Waals surface area contributed by atoms with Crippen molar-refractivity contribution in [1.82, 2.24) is 9.88 Å². The number of benzene rings is 2. The van der Waals surface area contributed by atoms with Crippen LogP contribution in [0.5, 0.6) is 5.88 Å². The van der Waals surface area contributed by atoms with Gasteiger partial charge in [-0.25, -0.2) is 4.98 Å². The maximum atomic E-state index is 12.7. The molecular formula is C28H28N2O6. The number of carboxylic acids is 1. The first-order valence-electron chi connectivity index (χ1n) is 11.8. The van der Waals surface area contributed by atoms with Gasteiger partial charge in [-0.2, -0.15) is 0 Å². The van der Waals surface area contributed by atoms with Gasteiger partial charge in [-0.3, -0.25) is 19.3 Å². The van der Waals surface area contributed by atoms with Gasteiger partial charge in [0.1, 0.15) is 0 Å². The predicted molar refractivity (Wildman–Crippen MR) is 133 cm³/mol. The molecule has 186 valence electrons. The first-order chi connectivity index (χ1) is 17.3. The Labute approximate surface area is 209 Å². The number of aryl methyl sites for hydroxylation is 2. The first-order valence-corrected chi connectivity index (χ1v) is 11.8. The molecule has 2 unspecified atom stereocenters. The van der Waals surface area contributed by atoms with Crippen LogP contribution >= 0.6 is 0 Å². The van der Waals surface area contributed by atoms with Gasteiger partial charge in [0.25, 0.3) is 11.8 Å². The number of carboxylic acid groups (broad SMARTS) is 1. The molecule has 1 aliphatic heterocycles. The molecule has 2 amide bonds. The number of hydrogen-bond acceptors (Lipinski definition) is 6. The van der Waals surface area contributed by atoms with Crippen LogP contribution < -0.4 is 4.74 Å². The number of aliphatic hydroxyl groups is 1. The van der Waals surface area contributed by atoms with E-state index in [2.05, 4.69) is 4.98 Å². The summed E-state index contributed by atoms with van der Waals surface area (Å²) in [5.41, 5.74) is 4.40. The molecule has 0 spiro atoms. The highest BCUT2D eigenvalue weighted by Gasteiger charge is 2.37. The molecule has 8 heteroatoms.